The lowest BCUT2D eigenvalue weighted by Gasteiger charge is -2.18. The van der Waals surface area contributed by atoms with Crippen LogP contribution in [0.1, 0.15) is 21.5 Å². The Labute approximate surface area is 165 Å². The van der Waals surface area contributed by atoms with Crippen molar-refractivity contribution in [3.05, 3.63) is 64.2 Å². The van der Waals surface area contributed by atoms with Crippen LogP contribution in [0.4, 0.5) is 18.9 Å². The highest BCUT2D eigenvalue weighted by molar-refractivity contribution is 6.31. The molecule has 28 heavy (non-hydrogen) atoms. The van der Waals surface area contributed by atoms with E-state index in [4.69, 9.17) is 16.3 Å². The lowest BCUT2D eigenvalue weighted by atomic mass is 10.1. The number of rotatable bonds is 6. The van der Waals surface area contributed by atoms with Crippen LogP contribution in [0.3, 0.4) is 0 Å². The zero-order chi connectivity index (χ0) is 20.9. The van der Waals surface area contributed by atoms with Crippen molar-refractivity contribution in [2.45, 2.75) is 12.8 Å². The molecule has 0 aliphatic heterocycles. The molecular weight excluding hydrogens is 397 g/mol. The first kappa shape index (κ1) is 21.7. The molecule has 0 atom stereocenters. The number of hydrogen-bond donors (Lipinski definition) is 1. The average Bonchev–Trinajstić information content (AvgIpc) is 2.62. The van der Waals surface area contributed by atoms with E-state index in [9.17, 15) is 22.8 Å². The Morgan fingerprint density at radius 2 is 1.89 bits per heavy atom. The predicted octanol–water partition coefficient (Wildman–Crippen LogP) is 4.22. The summed E-state index contributed by atoms with van der Waals surface area (Å²) in [4.78, 5) is 25.8. The summed E-state index contributed by atoms with van der Waals surface area (Å²) in [6.07, 6.45) is -4.64. The number of benzene rings is 2. The summed E-state index contributed by atoms with van der Waals surface area (Å²) in [5.74, 6) is -1.04. The minimum atomic E-state index is -4.64. The molecule has 0 spiro atoms. The van der Waals surface area contributed by atoms with Crippen LogP contribution < -0.4 is 5.32 Å². The van der Waals surface area contributed by atoms with Gasteiger partial charge in [-0.2, -0.15) is 13.2 Å². The summed E-state index contributed by atoms with van der Waals surface area (Å²) in [7, 11) is 2.96. The topological polar surface area (TPSA) is 58.6 Å². The van der Waals surface area contributed by atoms with Crippen molar-refractivity contribution in [3.63, 3.8) is 0 Å². The molecular formula is C19H18ClF3N2O3. The van der Waals surface area contributed by atoms with E-state index in [1.54, 1.807) is 24.3 Å². The Balaban J connectivity index is 2.05. The number of nitrogens with zero attached hydrogens (tertiary/aromatic N) is 1. The summed E-state index contributed by atoms with van der Waals surface area (Å²) < 4.78 is 43.7. The highest BCUT2D eigenvalue weighted by atomic mass is 35.5. The van der Waals surface area contributed by atoms with Crippen molar-refractivity contribution < 1.29 is 27.5 Å². The van der Waals surface area contributed by atoms with Crippen LogP contribution in [-0.4, -0.2) is 37.4 Å². The fraction of sp³-hybridized carbons (Fsp3) is 0.263. The largest absolute Gasteiger partial charge is 0.417 e. The average molecular weight is 415 g/mol. The Hall–Kier alpha value is -2.58. The van der Waals surface area contributed by atoms with E-state index in [1.807, 2.05) is 0 Å². The van der Waals surface area contributed by atoms with Gasteiger partial charge in [0, 0.05) is 25.4 Å². The number of alkyl halides is 3. The zero-order valence-electron chi connectivity index (χ0n) is 15.1. The van der Waals surface area contributed by atoms with Crippen LogP contribution in [0.5, 0.6) is 0 Å². The molecule has 0 aromatic heterocycles. The second-order valence-electron chi connectivity index (χ2n) is 6.04. The third-order valence-corrected chi connectivity index (χ3v) is 4.10. The third kappa shape index (κ3) is 5.71. The number of nitrogens with one attached hydrogen (secondary N) is 1. The monoisotopic (exact) mass is 414 g/mol. The van der Waals surface area contributed by atoms with Crippen molar-refractivity contribution in [3.8, 4) is 0 Å². The minimum absolute atomic E-state index is 0.0651. The van der Waals surface area contributed by atoms with Gasteiger partial charge in [-0.05, 0) is 35.9 Å². The van der Waals surface area contributed by atoms with E-state index in [1.165, 1.54) is 25.1 Å². The van der Waals surface area contributed by atoms with E-state index in [-0.39, 0.29) is 12.2 Å². The van der Waals surface area contributed by atoms with Crippen LogP contribution in [0.2, 0.25) is 5.02 Å². The highest BCUT2D eigenvalue weighted by Gasteiger charge is 2.33. The maximum atomic E-state index is 12.9. The molecule has 150 valence electrons. The summed E-state index contributed by atoms with van der Waals surface area (Å²) in [6.45, 7) is 0.000736. The van der Waals surface area contributed by atoms with Crippen LogP contribution in [0.25, 0.3) is 0 Å². The van der Waals surface area contributed by atoms with Gasteiger partial charge in [-0.3, -0.25) is 9.59 Å². The molecule has 0 saturated heterocycles. The molecule has 0 aliphatic carbocycles. The Morgan fingerprint density at radius 3 is 2.54 bits per heavy atom. The maximum absolute atomic E-state index is 12.9. The number of hydrogen-bond acceptors (Lipinski definition) is 3. The van der Waals surface area contributed by atoms with Gasteiger partial charge < -0.3 is 15.0 Å². The van der Waals surface area contributed by atoms with E-state index < -0.39 is 28.6 Å². The first-order chi connectivity index (χ1) is 13.1. The molecule has 2 aromatic carbocycles. The van der Waals surface area contributed by atoms with E-state index in [0.29, 0.717) is 12.2 Å². The molecule has 0 bridgehead atoms. The maximum Gasteiger partial charge on any atom is 0.417 e. The Morgan fingerprint density at radius 1 is 1.18 bits per heavy atom. The van der Waals surface area contributed by atoms with Gasteiger partial charge in [0.2, 0.25) is 5.91 Å². The SMILES string of the molecule is COCc1cccc(C(=O)N(C)CC(=O)Nc2ccc(Cl)c(C(F)(F)F)c2)c1. The van der Waals surface area contributed by atoms with E-state index >= 15 is 0 Å². The molecule has 0 unspecified atom stereocenters. The predicted molar refractivity (Wildman–Crippen MR) is 99.2 cm³/mol. The normalized spacial score (nSPS) is 11.2. The molecule has 0 aliphatic rings. The number of halogens is 4. The van der Waals surface area contributed by atoms with Crippen molar-refractivity contribution in [1.29, 1.82) is 0 Å². The molecule has 2 rings (SSSR count). The van der Waals surface area contributed by atoms with Crippen molar-refractivity contribution in [2.24, 2.45) is 0 Å². The molecule has 2 amide bonds. The van der Waals surface area contributed by atoms with Crippen molar-refractivity contribution in [1.82, 2.24) is 4.90 Å². The molecule has 1 N–H and O–H groups in total. The van der Waals surface area contributed by atoms with Gasteiger partial charge >= 0.3 is 6.18 Å². The molecule has 0 saturated carbocycles. The first-order valence-corrected chi connectivity index (χ1v) is 8.49. The molecule has 0 heterocycles. The zero-order valence-corrected chi connectivity index (χ0v) is 15.9. The van der Waals surface area contributed by atoms with Crippen molar-refractivity contribution in [2.75, 3.05) is 26.0 Å². The molecule has 0 radical (unpaired) electrons. The van der Waals surface area contributed by atoms with Crippen molar-refractivity contribution >= 4 is 29.1 Å². The lowest BCUT2D eigenvalue weighted by molar-refractivity contribution is -0.137. The number of amides is 2. The second-order valence-corrected chi connectivity index (χ2v) is 6.44. The quantitative estimate of drug-likeness (QED) is 0.770. The number of carbonyl (C=O) groups excluding carboxylic acids is 2. The summed E-state index contributed by atoms with van der Waals surface area (Å²) in [5.41, 5.74) is 0.0544. The Kier molecular flexibility index (Phi) is 7.04. The first-order valence-electron chi connectivity index (χ1n) is 8.11. The van der Waals surface area contributed by atoms with Gasteiger partial charge in [0.15, 0.2) is 0 Å². The summed E-state index contributed by atoms with van der Waals surface area (Å²) in [5, 5.41) is 1.87. The van der Waals surface area contributed by atoms with Gasteiger partial charge in [0.25, 0.3) is 5.91 Å². The number of likely N-dealkylation sites (N-methyl/N-ethyl adjacent to an activating group) is 1. The second kappa shape index (κ2) is 9.07. The van der Waals surface area contributed by atoms with Gasteiger partial charge in [-0.1, -0.05) is 23.7 Å². The van der Waals surface area contributed by atoms with Crippen LogP contribution in [0.15, 0.2) is 42.5 Å². The van der Waals surface area contributed by atoms with Gasteiger partial charge in [0.1, 0.15) is 0 Å². The van der Waals surface area contributed by atoms with Gasteiger partial charge in [0.05, 0.1) is 23.7 Å². The summed E-state index contributed by atoms with van der Waals surface area (Å²) >= 11 is 5.55. The minimum Gasteiger partial charge on any atom is -0.380 e. The number of ether oxygens (including phenoxy) is 1. The van der Waals surface area contributed by atoms with E-state index in [2.05, 4.69) is 5.32 Å². The fourth-order valence-corrected chi connectivity index (χ4v) is 2.71. The van der Waals surface area contributed by atoms with Gasteiger partial charge in [-0.15, -0.1) is 0 Å². The highest BCUT2D eigenvalue weighted by Crippen LogP contribution is 2.36. The number of carbonyl (C=O) groups is 2. The van der Waals surface area contributed by atoms with Crippen LogP contribution in [-0.2, 0) is 22.3 Å². The summed E-state index contributed by atoms with van der Waals surface area (Å²) in [6, 6.07) is 9.80. The fourth-order valence-electron chi connectivity index (χ4n) is 2.49. The van der Waals surface area contributed by atoms with Gasteiger partial charge in [-0.25, -0.2) is 0 Å². The smallest absolute Gasteiger partial charge is 0.380 e. The third-order valence-electron chi connectivity index (χ3n) is 3.77. The van der Waals surface area contributed by atoms with Crippen LogP contribution >= 0.6 is 11.6 Å². The molecule has 2 aromatic rings. The number of anilines is 1. The molecule has 0 fully saturated rings. The van der Waals surface area contributed by atoms with E-state index in [0.717, 1.165) is 17.7 Å². The Bertz CT molecular complexity index is 872. The standard InChI is InChI=1S/C19H18ClF3N2O3/c1-25(18(27)13-5-3-4-12(8-13)11-28-2)10-17(26)24-14-6-7-16(20)15(9-14)19(21,22)23/h3-9H,10-11H2,1-2H3,(H,24,26). The lowest BCUT2D eigenvalue weighted by Crippen LogP contribution is -2.35. The number of methoxy groups -OCH3 is 1. The van der Waals surface area contributed by atoms with Crippen LogP contribution in [0, 0.1) is 0 Å². The molecule has 5 nitrogen and oxygen atoms in total. The molecule has 9 heteroatoms.